The number of aliphatic imine (C=N–C) groups is 1. The third-order valence-electron chi connectivity index (χ3n) is 6.26. The zero-order valence-electron chi connectivity index (χ0n) is 21.0. The molecule has 5 rings (SSSR count). The van der Waals surface area contributed by atoms with Crippen molar-refractivity contribution in [1.29, 1.82) is 0 Å². The van der Waals surface area contributed by atoms with E-state index in [1.165, 1.54) is 11.8 Å². The highest BCUT2D eigenvalue weighted by Crippen LogP contribution is 2.41. The molecule has 1 fully saturated rings. The summed E-state index contributed by atoms with van der Waals surface area (Å²) in [5.74, 6) is -0.844. The molecular formula is C28H25BrClN3O5S. The van der Waals surface area contributed by atoms with Crippen LogP contribution in [0.15, 0.2) is 74.4 Å². The zero-order chi connectivity index (χ0) is 27.5. The summed E-state index contributed by atoms with van der Waals surface area (Å²) in [6.07, 6.45) is 3.68. The largest absolute Gasteiger partial charge is 0.506 e. The maximum Gasteiger partial charge on any atom is 0.344 e. The van der Waals surface area contributed by atoms with Crippen molar-refractivity contribution in [2.45, 2.75) is 13.5 Å². The fraction of sp³-hybridized carbons (Fsp3) is 0.250. The Kier molecular flexibility index (Phi) is 8.46. The number of hydrogen-bond acceptors (Lipinski definition) is 7. The van der Waals surface area contributed by atoms with E-state index in [9.17, 15) is 14.7 Å². The SMILES string of the molecule is CCOC(=O)C1=C(O)/C(=C/c2cn(CC(=O)N3CCOCC3)c3ccc(Br)cc23)SC1=Nc1ccc(Cl)cc1. The van der Waals surface area contributed by atoms with Gasteiger partial charge >= 0.3 is 5.97 Å². The van der Waals surface area contributed by atoms with Gasteiger partial charge in [-0.15, -0.1) is 0 Å². The number of morpholine rings is 1. The predicted molar refractivity (Wildman–Crippen MR) is 157 cm³/mol. The number of amides is 1. The van der Waals surface area contributed by atoms with Crippen LogP contribution >= 0.6 is 39.3 Å². The second-order valence-corrected chi connectivity index (χ2v) is 11.2. The average molecular weight is 631 g/mol. The molecule has 2 aliphatic heterocycles. The Balaban J connectivity index is 1.54. The number of carbonyl (C=O) groups is 2. The van der Waals surface area contributed by atoms with Crippen LogP contribution in [0.1, 0.15) is 12.5 Å². The molecule has 202 valence electrons. The molecule has 39 heavy (non-hydrogen) atoms. The van der Waals surface area contributed by atoms with Crippen molar-refractivity contribution in [2.24, 2.45) is 4.99 Å². The van der Waals surface area contributed by atoms with E-state index in [2.05, 4.69) is 20.9 Å². The second-order valence-electron chi connectivity index (χ2n) is 8.82. The normalized spacial score (nSPS) is 18.0. The first-order valence-corrected chi connectivity index (χ1v) is 14.3. The molecule has 0 unspecified atom stereocenters. The molecule has 0 bridgehead atoms. The van der Waals surface area contributed by atoms with Gasteiger partial charge in [0.15, 0.2) is 0 Å². The number of rotatable bonds is 6. The van der Waals surface area contributed by atoms with Gasteiger partial charge in [0.25, 0.3) is 0 Å². The molecule has 3 heterocycles. The Morgan fingerprint density at radius 2 is 1.95 bits per heavy atom. The highest BCUT2D eigenvalue weighted by molar-refractivity contribution is 9.10. The van der Waals surface area contributed by atoms with Crippen molar-refractivity contribution in [1.82, 2.24) is 9.47 Å². The maximum atomic E-state index is 13.0. The zero-order valence-corrected chi connectivity index (χ0v) is 24.2. The number of nitrogens with zero attached hydrogens (tertiary/aromatic N) is 3. The smallest absolute Gasteiger partial charge is 0.344 e. The summed E-state index contributed by atoms with van der Waals surface area (Å²) in [6.45, 7) is 4.25. The summed E-state index contributed by atoms with van der Waals surface area (Å²) in [5, 5.41) is 12.9. The maximum absolute atomic E-state index is 13.0. The molecule has 1 saturated heterocycles. The van der Waals surface area contributed by atoms with Crippen molar-refractivity contribution >= 4 is 78.9 Å². The standard InChI is InChI=1S/C28H25BrClN3O5S/c1-2-38-28(36)25-26(35)23(39-27(25)31-20-6-4-19(30)5-7-20)13-17-15-33(22-8-3-18(29)14-21(17)22)16-24(34)32-9-11-37-12-10-32/h3-8,13-15,35H,2,9-12,16H2,1H3/b23-13-,31-27?. The van der Waals surface area contributed by atoms with Gasteiger partial charge in [0.2, 0.25) is 5.91 Å². The second kappa shape index (κ2) is 12.0. The van der Waals surface area contributed by atoms with Gasteiger partial charge in [-0.25, -0.2) is 9.79 Å². The van der Waals surface area contributed by atoms with Crippen LogP contribution in [0.25, 0.3) is 17.0 Å². The van der Waals surface area contributed by atoms with Crippen LogP contribution in [0.3, 0.4) is 0 Å². The lowest BCUT2D eigenvalue weighted by molar-refractivity contribution is -0.138. The van der Waals surface area contributed by atoms with Crippen LogP contribution in [0, 0.1) is 0 Å². The molecule has 1 amide bonds. The van der Waals surface area contributed by atoms with Crippen molar-refractivity contribution < 1.29 is 24.2 Å². The monoisotopic (exact) mass is 629 g/mol. The van der Waals surface area contributed by atoms with Gasteiger partial charge in [-0.05, 0) is 55.5 Å². The molecule has 0 radical (unpaired) electrons. The van der Waals surface area contributed by atoms with Crippen LogP contribution in [-0.2, 0) is 25.6 Å². The number of aliphatic hydroxyl groups is 1. The van der Waals surface area contributed by atoms with Gasteiger partial charge in [0, 0.05) is 45.2 Å². The molecule has 11 heteroatoms. The van der Waals surface area contributed by atoms with E-state index in [1.807, 2.05) is 29.0 Å². The Labute approximate surface area is 243 Å². The number of esters is 1. The third kappa shape index (κ3) is 6.09. The number of aliphatic hydroxyl groups excluding tert-OH is 1. The first kappa shape index (κ1) is 27.5. The van der Waals surface area contributed by atoms with E-state index >= 15 is 0 Å². The topological polar surface area (TPSA) is 93.4 Å². The van der Waals surface area contributed by atoms with Crippen molar-refractivity contribution in [3.05, 3.63) is 80.0 Å². The van der Waals surface area contributed by atoms with E-state index in [0.29, 0.717) is 47.0 Å². The number of fused-ring (bicyclic) bond motifs is 1. The minimum atomic E-state index is -0.653. The Bertz CT molecular complexity index is 1520. The van der Waals surface area contributed by atoms with Gasteiger partial charge in [-0.1, -0.05) is 39.3 Å². The van der Waals surface area contributed by atoms with Gasteiger partial charge in [0.05, 0.1) is 30.4 Å². The summed E-state index contributed by atoms with van der Waals surface area (Å²) >= 11 is 10.7. The van der Waals surface area contributed by atoms with Crippen molar-refractivity contribution in [2.75, 3.05) is 32.9 Å². The molecule has 2 aliphatic rings. The molecule has 1 aromatic heterocycles. The minimum Gasteiger partial charge on any atom is -0.506 e. The predicted octanol–water partition coefficient (Wildman–Crippen LogP) is 6.11. The number of carbonyl (C=O) groups excluding carboxylic acids is 2. The van der Waals surface area contributed by atoms with E-state index in [4.69, 9.17) is 21.1 Å². The highest BCUT2D eigenvalue weighted by atomic mass is 79.9. The summed E-state index contributed by atoms with van der Waals surface area (Å²) in [5.41, 5.74) is 2.25. The van der Waals surface area contributed by atoms with Crippen molar-refractivity contribution in [3.63, 3.8) is 0 Å². The summed E-state index contributed by atoms with van der Waals surface area (Å²) in [7, 11) is 0. The lowest BCUT2D eigenvalue weighted by atomic mass is 10.1. The van der Waals surface area contributed by atoms with Gasteiger partial charge in [-0.3, -0.25) is 4.79 Å². The Morgan fingerprint density at radius 3 is 2.67 bits per heavy atom. The van der Waals surface area contributed by atoms with E-state index < -0.39 is 5.97 Å². The first-order chi connectivity index (χ1) is 18.8. The molecular weight excluding hydrogens is 606 g/mol. The Hall–Kier alpha value is -3.05. The first-order valence-electron chi connectivity index (χ1n) is 12.3. The summed E-state index contributed by atoms with van der Waals surface area (Å²) in [4.78, 5) is 32.6. The molecule has 3 aromatic rings. The quantitative estimate of drug-likeness (QED) is 0.331. The number of benzene rings is 2. The molecule has 0 saturated carbocycles. The third-order valence-corrected chi connectivity index (χ3v) is 8.02. The number of hydrogen-bond donors (Lipinski definition) is 1. The number of ether oxygens (including phenoxy) is 2. The molecule has 2 aromatic carbocycles. The van der Waals surface area contributed by atoms with Crippen LogP contribution in [0.2, 0.25) is 5.02 Å². The summed E-state index contributed by atoms with van der Waals surface area (Å²) < 4.78 is 13.4. The summed E-state index contributed by atoms with van der Waals surface area (Å²) in [6, 6.07) is 12.7. The van der Waals surface area contributed by atoms with Crippen LogP contribution < -0.4 is 0 Å². The number of thioether (sulfide) groups is 1. The van der Waals surface area contributed by atoms with Crippen LogP contribution in [-0.4, -0.2) is 64.4 Å². The molecule has 0 aliphatic carbocycles. The van der Waals surface area contributed by atoms with E-state index in [1.54, 1.807) is 42.2 Å². The van der Waals surface area contributed by atoms with Crippen LogP contribution in [0.4, 0.5) is 5.69 Å². The lowest BCUT2D eigenvalue weighted by Crippen LogP contribution is -2.42. The Morgan fingerprint density at radius 1 is 1.21 bits per heavy atom. The molecule has 8 nitrogen and oxygen atoms in total. The van der Waals surface area contributed by atoms with Crippen molar-refractivity contribution in [3.8, 4) is 0 Å². The van der Waals surface area contributed by atoms with Gasteiger partial charge in [-0.2, -0.15) is 0 Å². The van der Waals surface area contributed by atoms with Gasteiger partial charge in [0.1, 0.15) is 22.9 Å². The lowest BCUT2D eigenvalue weighted by Gasteiger charge is -2.27. The number of halogens is 2. The van der Waals surface area contributed by atoms with Crippen LogP contribution in [0.5, 0.6) is 0 Å². The fourth-order valence-electron chi connectivity index (χ4n) is 4.37. The minimum absolute atomic E-state index is 0.00969. The molecule has 1 N–H and O–H groups in total. The molecule has 0 atom stereocenters. The molecule has 0 spiro atoms. The fourth-order valence-corrected chi connectivity index (χ4v) is 5.88. The average Bonchev–Trinajstić information content (AvgIpc) is 3.41. The van der Waals surface area contributed by atoms with Gasteiger partial charge < -0.3 is 24.0 Å². The van der Waals surface area contributed by atoms with E-state index in [0.717, 1.165) is 20.9 Å². The highest BCUT2D eigenvalue weighted by Gasteiger charge is 2.33. The van der Waals surface area contributed by atoms with E-state index in [-0.39, 0.29) is 30.4 Å². The number of aromatic nitrogens is 1.